The van der Waals surface area contributed by atoms with Crippen molar-refractivity contribution >= 4 is 5.97 Å². The summed E-state index contributed by atoms with van der Waals surface area (Å²) in [7, 11) is 1.37. The van der Waals surface area contributed by atoms with Crippen LogP contribution < -0.4 is 0 Å². The average Bonchev–Trinajstić information content (AvgIpc) is 1.81. The molecule has 1 fully saturated rings. The van der Waals surface area contributed by atoms with Gasteiger partial charge in [-0.05, 0) is 6.92 Å². The molecule has 3 nitrogen and oxygen atoms in total. The fourth-order valence-electron chi connectivity index (χ4n) is 0.785. The third kappa shape index (κ3) is 0.920. The molecular formula is C6H10O3. The maximum Gasteiger partial charge on any atom is 0.337 e. The molecule has 0 aromatic rings. The van der Waals surface area contributed by atoms with Crippen LogP contribution in [0.15, 0.2) is 0 Å². The zero-order chi connectivity index (χ0) is 6.91. The lowest BCUT2D eigenvalue weighted by Crippen LogP contribution is -2.48. The van der Waals surface area contributed by atoms with Crippen LogP contribution in [-0.4, -0.2) is 25.3 Å². The van der Waals surface area contributed by atoms with E-state index in [1.54, 1.807) is 6.92 Å². The second-order valence-corrected chi connectivity index (χ2v) is 2.32. The summed E-state index contributed by atoms with van der Waals surface area (Å²) >= 11 is 0. The second-order valence-electron chi connectivity index (χ2n) is 2.32. The molecule has 0 aromatic carbocycles. The lowest BCUT2D eigenvalue weighted by atomic mass is 9.98. The molecule has 1 atom stereocenters. The van der Waals surface area contributed by atoms with Crippen LogP contribution in [-0.2, 0) is 14.3 Å². The van der Waals surface area contributed by atoms with Crippen LogP contribution >= 0.6 is 0 Å². The van der Waals surface area contributed by atoms with Crippen molar-refractivity contribution in [3.63, 3.8) is 0 Å². The number of esters is 1. The van der Waals surface area contributed by atoms with Crippen molar-refractivity contribution in [2.24, 2.45) is 0 Å². The molecule has 52 valence electrons. The molecule has 3 heteroatoms. The van der Waals surface area contributed by atoms with Crippen molar-refractivity contribution in [1.29, 1.82) is 0 Å². The van der Waals surface area contributed by atoms with E-state index in [9.17, 15) is 4.79 Å². The van der Waals surface area contributed by atoms with Crippen LogP contribution in [0.1, 0.15) is 13.3 Å². The Hall–Kier alpha value is -0.570. The quantitative estimate of drug-likeness (QED) is 0.480. The minimum atomic E-state index is -0.630. The SMILES string of the molecule is COC(=O)C1(C)CCO1. The maximum absolute atomic E-state index is 10.8. The van der Waals surface area contributed by atoms with Crippen molar-refractivity contribution < 1.29 is 14.3 Å². The van der Waals surface area contributed by atoms with Gasteiger partial charge in [0.25, 0.3) is 0 Å². The molecule has 1 unspecified atom stereocenters. The van der Waals surface area contributed by atoms with Crippen molar-refractivity contribution in [3.8, 4) is 0 Å². The number of carbonyl (C=O) groups is 1. The van der Waals surface area contributed by atoms with Gasteiger partial charge < -0.3 is 9.47 Å². The van der Waals surface area contributed by atoms with Gasteiger partial charge in [0.15, 0.2) is 5.60 Å². The number of hydrogen-bond donors (Lipinski definition) is 0. The molecule has 0 aromatic heterocycles. The van der Waals surface area contributed by atoms with E-state index in [-0.39, 0.29) is 5.97 Å². The first kappa shape index (κ1) is 6.55. The second kappa shape index (κ2) is 1.99. The fourth-order valence-corrected chi connectivity index (χ4v) is 0.785. The fraction of sp³-hybridized carbons (Fsp3) is 0.833. The van der Waals surface area contributed by atoms with Gasteiger partial charge in [-0.1, -0.05) is 0 Å². The van der Waals surface area contributed by atoms with Gasteiger partial charge in [0.05, 0.1) is 13.7 Å². The smallest absolute Gasteiger partial charge is 0.337 e. The largest absolute Gasteiger partial charge is 0.467 e. The summed E-state index contributed by atoms with van der Waals surface area (Å²) in [6.07, 6.45) is 0.777. The van der Waals surface area contributed by atoms with E-state index < -0.39 is 5.60 Å². The molecular weight excluding hydrogens is 120 g/mol. The van der Waals surface area contributed by atoms with Gasteiger partial charge in [-0.15, -0.1) is 0 Å². The van der Waals surface area contributed by atoms with E-state index in [1.165, 1.54) is 7.11 Å². The Morgan fingerprint density at radius 3 is 2.44 bits per heavy atom. The van der Waals surface area contributed by atoms with Crippen LogP contribution in [0.4, 0.5) is 0 Å². The molecule has 0 radical (unpaired) electrons. The molecule has 0 saturated carbocycles. The normalized spacial score (nSPS) is 33.1. The zero-order valence-electron chi connectivity index (χ0n) is 5.64. The van der Waals surface area contributed by atoms with Crippen LogP contribution in [0.25, 0.3) is 0 Å². The van der Waals surface area contributed by atoms with Gasteiger partial charge in [-0.25, -0.2) is 4.79 Å². The van der Waals surface area contributed by atoms with Gasteiger partial charge in [0.1, 0.15) is 0 Å². The van der Waals surface area contributed by atoms with Crippen LogP contribution in [0.5, 0.6) is 0 Å². The van der Waals surface area contributed by atoms with E-state index in [0.29, 0.717) is 6.61 Å². The lowest BCUT2D eigenvalue weighted by molar-refractivity contribution is -0.192. The summed E-state index contributed by atoms with van der Waals surface area (Å²) in [5, 5.41) is 0. The minimum Gasteiger partial charge on any atom is -0.467 e. The van der Waals surface area contributed by atoms with Crippen molar-refractivity contribution in [1.82, 2.24) is 0 Å². The first-order valence-electron chi connectivity index (χ1n) is 2.91. The highest BCUT2D eigenvalue weighted by atomic mass is 16.6. The van der Waals surface area contributed by atoms with E-state index >= 15 is 0 Å². The summed E-state index contributed by atoms with van der Waals surface area (Å²) < 4.78 is 9.49. The third-order valence-corrected chi connectivity index (χ3v) is 1.62. The third-order valence-electron chi connectivity index (χ3n) is 1.62. The van der Waals surface area contributed by atoms with Crippen molar-refractivity contribution in [2.45, 2.75) is 18.9 Å². The Bertz CT molecular complexity index is 126. The maximum atomic E-state index is 10.8. The van der Waals surface area contributed by atoms with E-state index in [2.05, 4.69) is 4.74 Å². The number of hydrogen-bond acceptors (Lipinski definition) is 3. The predicted octanol–water partition coefficient (Wildman–Crippen LogP) is 0.338. The molecule has 1 aliphatic rings. The Morgan fingerprint density at radius 1 is 1.78 bits per heavy atom. The number of ether oxygens (including phenoxy) is 2. The summed E-state index contributed by atoms with van der Waals surface area (Å²) in [4.78, 5) is 10.8. The van der Waals surface area contributed by atoms with E-state index in [1.807, 2.05) is 0 Å². The number of carbonyl (C=O) groups excluding carboxylic acids is 1. The first-order valence-corrected chi connectivity index (χ1v) is 2.91. The standard InChI is InChI=1S/C6H10O3/c1-6(3-4-9-6)5(7)8-2/h3-4H2,1-2H3. The highest BCUT2D eigenvalue weighted by molar-refractivity contribution is 5.79. The van der Waals surface area contributed by atoms with Gasteiger partial charge >= 0.3 is 5.97 Å². The molecule has 1 heterocycles. The summed E-state index contributed by atoms with van der Waals surface area (Å²) in [6.45, 7) is 2.41. The summed E-state index contributed by atoms with van der Waals surface area (Å²) in [5.74, 6) is -0.270. The van der Waals surface area contributed by atoms with Crippen molar-refractivity contribution in [3.05, 3.63) is 0 Å². The van der Waals surface area contributed by atoms with Gasteiger partial charge in [0.2, 0.25) is 0 Å². The number of methoxy groups -OCH3 is 1. The lowest BCUT2D eigenvalue weighted by Gasteiger charge is -2.35. The molecule has 0 bridgehead atoms. The van der Waals surface area contributed by atoms with E-state index in [0.717, 1.165) is 6.42 Å². The molecule has 1 rings (SSSR count). The summed E-state index contributed by atoms with van der Waals surface area (Å²) in [6, 6.07) is 0. The Balaban J connectivity index is 2.49. The van der Waals surface area contributed by atoms with Crippen LogP contribution in [0.2, 0.25) is 0 Å². The van der Waals surface area contributed by atoms with Crippen molar-refractivity contribution in [2.75, 3.05) is 13.7 Å². The molecule has 0 N–H and O–H groups in total. The highest BCUT2D eigenvalue weighted by Crippen LogP contribution is 2.26. The minimum absolute atomic E-state index is 0.270. The Morgan fingerprint density at radius 2 is 2.33 bits per heavy atom. The Kier molecular flexibility index (Phi) is 1.45. The first-order chi connectivity index (χ1) is 4.19. The topological polar surface area (TPSA) is 35.5 Å². The van der Waals surface area contributed by atoms with Crippen LogP contribution in [0, 0.1) is 0 Å². The van der Waals surface area contributed by atoms with Crippen LogP contribution in [0.3, 0.4) is 0 Å². The average molecular weight is 130 g/mol. The summed E-state index contributed by atoms with van der Waals surface area (Å²) in [5.41, 5.74) is -0.630. The molecule has 0 aliphatic carbocycles. The predicted molar refractivity (Wildman–Crippen MR) is 31.0 cm³/mol. The van der Waals surface area contributed by atoms with Gasteiger partial charge in [0, 0.05) is 6.42 Å². The number of rotatable bonds is 1. The molecule has 1 aliphatic heterocycles. The van der Waals surface area contributed by atoms with Gasteiger partial charge in [-0.3, -0.25) is 0 Å². The van der Waals surface area contributed by atoms with E-state index in [4.69, 9.17) is 4.74 Å². The molecule has 0 amide bonds. The monoisotopic (exact) mass is 130 g/mol. The molecule has 0 spiro atoms. The zero-order valence-corrected chi connectivity index (χ0v) is 5.64. The Labute approximate surface area is 53.9 Å². The highest BCUT2D eigenvalue weighted by Gasteiger charge is 2.41. The van der Waals surface area contributed by atoms with Gasteiger partial charge in [-0.2, -0.15) is 0 Å². The molecule has 9 heavy (non-hydrogen) atoms. The molecule has 1 saturated heterocycles.